The van der Waals surface area contributed by atoms with Gasteiger partial charge in [0.05, 0.1) is 10.4 Å². The smallest absolute Gasteiger partial charge is 0.231 e. The summed E-state index contributed by atoms with van der Waals surface area (Å²) in [6.45, 7) is 1.52. The summed E-state index contributed by atoms with van der Waals surface area (Å²) in [7, 11) is 0. The van der Waals surface area contributed by atoms with Gasteiger partial charge in [-0.05, 0) is 28.1 Å². The molecule has 0 saturated carbocycles. The maximum absolute atomic E-state index is 11.5. The normalized spacial score (nSPS) is 16.1. The Hall–Kier alpha value is -0.940. The molecule has 2 rings (SSSR count). The summed E-state index contributed by atoms with van der Waals surface area (Å²) in [4.78, 5) is 15.6. The third kappa shape index (κ3) is 1.93. The second-order valence-electron chi connectivity index (χ2n) is 3.18. The molecule has 5 heteroatoms. The molecule has 0 spiro atoms. The molecule has 0 radical (unpaired) electrons. The van der Waals surface area contributed by atoms with Crippen LogP contribution >= 0.6 is 15.9 Å². The van der Waals surface area contributed by atoms with Crippen LogP contribution in [0.3, 0.4) is 0 Å². The highest BCUT2D eigenvalue weighted by Gasteiger charge is 2.25. The number of amides is 1. The molecule has 2 N–H and O–H groups in total. The van der Waals surface area contributed by atoms with Crippen molar-refractivity contribution in [3.8, 4) is 0 Å². The SMILES string of the molecule is O=C(Nc1ncccc1Br)C1CNC1. The van der Waals surface area contributed by atoms with Gasteiger partial charge < -0.3 is 10.6 Å². The first-order chi connectivity index (χ1) is 6.77. The minimum atomic E-state index is 0.0307. The summed E-state index contributed by atoms with van der Waals surface area (Å²) >= 11 is 3.32. The van der Waals surface area contributed by atoms with E-state index >= 15 is 0 Å². The Morgan fingerprint density at radius 1 is 1.64 bits per heavy atom. The highest BCUT2D eigenvalue weighted by molar-refractivity contribution is 9.10. The third-order valence-corrected chi connectivity index (χ3v) is 2.79. The molecule has 74 valence electrons. The van der Waals surface area contributed by atoms with Gasteiger partial charge in [-0.15, -0.1) is 0 Å². The van der Waals surface area contributed by atoms with Crippen LogP contribution in [0.15, 0.2) is 22.8 Å². The minimum absolute atomic E-state index is 0.0307. The van der Waals surface area contributed by atoms with Crippen LogP contribution < -0.4 is 10.6 Å². The van der Waals surface area contributed by atoms with Crippen LogP contribution in [0.2, 0.25) is 0 Å². The largest absolute Gasteiger partial charge is 0.315 e. The molecule has 0 aromatic carbocycles. The first-order valence-electron chi connectivity index (χ1n) is 4.39. The van der Waals surface area contributed by atoms with E-state index in [1.807, 2.05) is 12.1 Å². The second kappa shape index (κ2) is 4.06. The number of nitrogens with one attached hydrogen (secondary N) is 2. The Morgan fingerprint density at radius 2 is 2.43 bits per heavy atom. The molecule has 1 aromatic heterocycles. The van der Waals surface area contributed by atoms with Gasteiger partial charge in [0, 0.05) is 19.3 Å². The van der Waals surface area contributed by atoms with Gasteiger partial charge in [-0.1, -0.05) is 0 Å². The number of pyridine rings is 1. The van der Waals surface area contributed by atoms with Crippen LogP contribution in [0.4, 0.5) is 5.82 Å². The Balaban J connectivity index is 2.03. The summed E-state index contributed by atoms with van der Waals surface area (Å²) in [5.74, 6) is 0.705. The van der Waals surface area contributed by atoms with Crippen LogP contribution in [0.5, 0.6) is 0 Å². The van der Waals surface area contributed by atoms with Crippen molar-refractivity contribution in [3.05, 3.63) is 22.8 Å². The molecule has 1 aliphatic heterocycles. The zero-order chi connectivity index (χ0) is 9.97. The summed E-state index contributed by atoms with van der Waals surface area (Å²) < 4.78 is 0.806. The van der Waals surface area contributed by atoms with Crippen LogP contribution in [0.1, 0.15) is 0 Å². The van der Waals surface area contributed by atoms with Crippen molar-refractivity contribution < 1.29 is 4.79 Å². The first-order valence-corrected chi connectivity index (χ1v) is 5.19. The maximum Gasteiger partial charge on any atom is 0.231 e. The van der Waals surface area contributed by atoms with E-state index in [9.17, 15) is 4.79 Å². The lowest BCUT2D eigenvalue weighted by Crippen LogP contribution is -2.48. The number of nitrogens with zero attached hydrogens (tertiary/aromatic N) is 1. The number of carbonyl (C=O) groups excluding carboxylic acids is 1. The van der Waals surface area contributed by atoms with Gasteiger partial charge in [-0.25, -0.2) is 4.98 Å². The quantitative estimate of drug-likeness (QED) is 0.830. The van der Waals surface area contributed by atoms with Crippen molar-refractivity contribution >= 4 is 27.7 Å². The molecule has 1 aromatic rings. The minimum Gasteiger partial charge on any atom is -0.315 e. The second-order valence-corrected chi connectivity index (χ2v) is 4.03. The molecule has 0 aliphatic carbocycles. The van der Waals surface area contributed by atoms with E-state index in [4.69, 9.17) is 0 Å². The fourth-order valence-electron chi connectivity index (χ4n) is 1.17. The molecule has 1 saturated heterocycles. The average Bonchev–Trinajstić information content (AvgIpc) is 2.05. The fraction of sp³-hybridized carbons (Fsp3) is 0.333. The highest BCUT2D eigenvalue weighted by Crippen LogP contribution is 2.19. The molecule has 14 heavy (non-hydrogen) atoms. The molecule has 0 unspecified atom stereocenters. The van der Waals surface area contributed by atoms with Crippen LogP contribution in [-0.2, 0) is 4.79 Å². The van der Waals surface area contributed by atoms with Crippen molar-refractivity contribution in [3.63, 3.8) is 0 Å². The van der Waals surface area contributed by atoms with E-state index < -0.39 is 0 Å². The summed E-state index contributed by atoms with van der Waals surface area (Å²) in [5.41, 5.74) is 0. The molecule has 1 fully saturated rings. The number of hydrogen-bond donors (Lipinski definition) is 2. The van der Waals surface area contributed by atoms with Gasteiger partial charge >= 0.3 is 0 Å². The van der Waals surface area contributed by atoms with Crippen molar-refractivity contribution in [2.45, 2.75) is 0 Å². The number of halogens is 1. The zero-order valence-corrected chi connectivity index (χ0v) is 9.04. The van der Waals surface area contributed by atoms with Gasteiger partial charge in [0.25, 0.3) is 0 Å². The number of aromatic nitrogens is 1. The first kappa shape index (κ1) is 9.61. The molecule has 4 nitrogen and oxygen atoms in total. The van der Waals surface area contributed by atoms with E-state index in [1.54, 1.807) is 6.20 Å². The zero-order valence-electron chi connectivity index (χ0n) is 7.46. The predicted octanol–water partition coefficient (Wildman–Crippen LogP) is 1.00. The highest BCUT2D eigenvalue weighted by atomic mass is 79.9. The summed E-state index contributed by atoms with van der Waals surface area (Å²) in [6, 6.07) is 3.66. The van der Waals surface area contributed by atoms with Crippen LogP contribution in [-0.4, -0.2) is 24.0 Å². The third-order valence-electron chi connectivity index (χ3n) is 2.15. The van der Waals surface area contributed by atoms with Gasteiger partial charge in [0.1, 0.15) is 5.82 Å². The van der Waals surface area contributed by atoms with E-state index in [1.165, 1.54) is 0 Å². The van der Waals surface area contributed by atoms with Crippen molar-refractivity contribution in [1.29, 1.82) is 0 Å². The lowest BCUT2D eigenvalue weighted by Gasteiger charge is -2.25. The van der Waals surface area contributed by atoms with Crippen molar-refractivity contribution in [2.75, 3.05) is 18.4 Å². The Kier molecular flexibility index (Phi) is 2.79. The van der Waals surface area contributed by atoms with Crippen LogP contribution in [0.25, 0.3) is 0 Å². The number of rotatable bonds is 2. The monoisotopic (exact) mass is 255 g/mol. The molecule has 0 atom stereocenters. The predicted molar refractivity (Wildman–Crippen MR) is 56.9 cm³/mol. The maximum atomic E-state index is 11.5. The van der Waals surface area contributed by atoms with E-state index in [-0.39, 0.29) is 11.8 Å². The molecule has 1 amide bonds. The standard InChI is InChI=1S/C9H10BrN3O/c10-7-2-1-3-12-8(7)13-9(14)6-4-11-5-6/h1-3,6,11H,4-5H2,(H,12,13,14). The number of hydrogen-bond acceptors (Lipinski definition) is 3. The summed E-state index contributed by atoms with van der Waals surface area (Å²) in [6.07, 6.45) is 1.65. The molecule has 1 aliphatic rings. The van der Waals surface area contributed by atoms with Crippen molar-refractivity contribution in [2.24, 2.45) is 5.92 Å². The van der Waals surface area contributed by atoms with Gasteiger partial charge in [0.2, 0.25) is 5.91 Å². The van der Waals surface area contributed by atoms with Crippen molar-refractivity contribution in [1.82, 2.24) is 10.3 Å². The van der Waals surface area contributed by atoms with Gasteiger partial charge in [0.15, 0.2) is 0 Å². The Morgan fingerprint density at radius 3 is 3.00 bits per heavy atom. The van der Waals surface area contributed by atoms with E-state index in [0.717, 1.165) is 17.6 Å². The lowest BCUT2D eigenvalue weighted by molar-refractivity contribution is -0.121. The van der Waals surface area contributed by atoms with E-state index in [2.05, 4.69) is 31.5 Å². The molecular formula is C9H10BrN3O. The van der Waals surface area contributed by atoms with Crippen LogP contribution in [0, 0.1) is 5.92 Å². The summed E-state index contributed by atoms with van der Waals surface area (Å²) in [5, 5.41) is 5.82. The topological polar surface area (TPSA) is 54.0 Å². The number of carbonyl (C=O) groups is 1. The molecule has 2 heterocycles. The molecular weight excluding hydrogens is 246 g/mol. The van der Waals surface area contributed by atoms with Gasteiger partial charge in [-0.3, -0.25) is 4.79 Å². The Bertz CT molecular complexity index is 352. The Labute approximate surface area is 90.2 Å². The number of anilines is 1. The molecule has 0 bridgehead atoms. The van der Waals surface area contributed by atoms with Gasteiger partial charge in [-0.2, -0.15) is 0 Å². The average molecular weight is 256 g/mol. The lowest BCUT2D eigenvalue weighted by atomic mass is 10.0. The fourth-order valence-corrected chi connectivity index (χ4v) is 1.52. The van der Waals surface area contributed by atoms with E-state index in [0.29, 0.717) is 5.82 Å².